The number of hydrogen-bond donors (Lipinski definition) is 1. The lowest BCUT2D eigenvalue weighted by atomic mass is 10.1. The van der Waals surface area contributed by atoms with Crippen LogP contribution in [0, 0.1) is 5.92 Å². The fraction of sp³-hybridized carbons (Fsp3) is 0.875. The first-order chi connectivity index (χ1) is 5.77. The van der Waals surface area contributed by atoms with Gasteiger partial charge in [-0.2, -0.15) is 0 Å². The first-order valence-electron chi connectivity index (χ1n) is 4.26. The van der Waals surface area contributed by atoms with E-state index in [0.29, 0.717) is 19.8 Å². The van der Waals surface area contributed by atoms with Crippen LogP contribution in [-0.4, -0.2) is 31.8 Å². The van der Waals surface area contributed by atoms with Crippen LogP contribution in [-0.2, 0) is 14.3 Å². The van der Waals surface area contributed by atoms with Crippen LogP contribution in [0.5, 0.6) is 0 Å². The van der Waals surface area contributed by atoms with E-state index in [1.807, 2.05) is 6.92 Å². The van der Waals surface area contributed by atoms with Crippen molar-refractivity contribution in [1.82, 2.24) is 0 Å². The molecule has 1 rings (SSSR count). The Morgan fingerprint density at radius 1 is 1.75 bits per heavy atom. The van der Waals surface area contributed by atoms with E-state index in [4.69, 9.17) is 15.2 Å². The van der Waals surface area contributed by atoms with Crippen molar-refractivity contribution in [3.05, 3.63) is 0 Å². The second kappa shape index (κ2) is 4.42. The summed E-state index contributed by atoms with van der Waals surface area (Å²) >= 11 is 0. The van der Waals surface area contributed by atoms with Gasteiger partial charge in [-0.25, -0.2) is 0 Å². The Morgan fingerprint density at radius 2 is 2.42 bits per heavy atom. The zero-order valence-corrected chi connectivity index (χ0v) is 7.29. The molecule has 0 bridgehead atoms. The van der Waals surface area contributed by atoms with Gasteiger partial charge in [-0.3, -0.25) is 4.79 Å². The van der Waals surface area contributed by atoms with E-state index in [0.717, 1.165) is 6.42 Å². The number of carbonyl (C=O) groups excluding carboxylic acids is 1. The monoisotopic (exact) mass is 173 g/mol. The molecule has 0 aromatic carbocycles. The molecule has 1 unspecified atom stereocenters. The molecule has 0 aromatic heterocycles. The van der Waals surface area contributed by atoms with Crippen molar-refractivity contribution in [3.8, 4) is 0 Å². The summed E-state index contributed by atoms with van der Waals surface area (Å²) in [6.45, 7) is 3.36. The summed E-state index contributed by atoms with van der Waals surface area (Å²) in [6.07, 6.45) is 0.709. The van der Waals surface area contributed by atoms with Crippen LogP contribution in [0.2, 0.25) is 0 Å². The van der Waals surface area contributed by atoms with E-state index in [2.05, 4.69) is 0 Å². The Bertz CT molecular complexity index is 152. The van der Waals surface area contributed by atoms with Gasteiger partial charge in [-0.1, -0.05) is 6.92 Å². The number of rotatable bonds is 4. The Labute approximate surface area is 72.0 Å². The Hall–Kier alpha value is -0.610. The maximum Gasteiger partial charge on any atom is 0.310 e. The van der Waals surface area contributed by atoms with Crippen LogP contribution in [0.15, 0.2) is 0 Å². The molecule has 4 heteroatoms. The molecule has 0 spiro atoms. The lowest BCUT2D eigenvalue weighted by Gasteiger charge is -2.27. The number of esters is 1. The van der Waals surface area contributed by atoms with Crippen LogP contribution >= 0.6 is 0 Å². The second-order valence-corrected chi connectivity index (χ2v) is 2.94. The summed E-state index contributed by atoms with van der Waals surface area (Å²) in [4.78, 5) is 11.3. The molecule has 1 fully saturated rings. The maximum atomic E-state index is 11.3. The van der Waals surface area contributed by atoms with Crippen molar-refractivity contribution < 1.29 is 14.3 Å². The van der Waals surface area contributed by atoms with E-state index in [9.17, 15) is 4.79 Å². The molecule has 70 valence electrons. The minimum Gasteiger partial charge on any atom is -0.457 e. The molecule has 2 N–H and O–H groups in total. The average Bonchev–Trinajstić information content (AvgIpc) is 1.99. The quantitative estimate of drug-likeness (QED) is 0.604. The molecule has 12 heavy (non-hydrogen) atoms. The van der Waals surface area contributed by atoms with Crippen molar-refractivity contribution in [1.29, 1.82) is 0 Å². The summed E-state index contributed by atoms with van der Waals surface area (Å²) in [7, 11) is 0. The third kappa shape index (κ3) is 2.19. The Balaban J connectivity index is 2.24. The molecule has 0 amide bonds. The van der Waals surface area contributed by atoms with Gasteiger partial charge in [0.05, 0.1) is 19.1 Å². The molecule has 1 aliphatic rings. The first-order valence-corrected chi connectivity index (χ1v) is 4.26. The van der Waals surface area contributed by atoms with Gasteiger partial charge >= 0.3 is 5.97 Å². The number of carbonyl (C=O) groups is 1. The Morgan fingerprint density at radius 3 is 2.75 bits per heavy atom. The molecule has 0 aliphatic carbocycles. The largest absolute Gasteiger partial charge is 0.457 e. The van der Waals surface area contributed by atoms with Crippen molar-refractivity contribution in [2.45, 2.75) is 19.4 Å². The second-order valence-electron chi connectivity index (χ2n) is 2.94. The van der Waals surface area contributed by atoms with Crippen LogP contribution in [0.4, 0.5) is 0 Å². The van der Waals surface area contributed by atoms with Gasteiger partial charge in [0, 0.05) is 6.54 Å². The van der Waals surface area contributed by atoms with Gasteiger partial charge in [0.2, 0.25) is 0 Å². The highest BCUT2D eigenvalue weighted by atomic mass is 16.6. The van der Waals surface area contributed by atoms with Crippen molar-refractivity contribution in [3.63, 3.8) is 0 Å². The molecule has 1 saturated heterocycles. The predicted molar refractivity (Wildman–Crippen MR) is 43.5 cm³/mol. The minimum absolute atomic E-state index is 0.0295. The highest BCUT2D eigenvalue weighted by molar-refractivity contribution is 5.72. The number of ether oxygens (including phenoxy) is 2. The topological polar surface area (TPSA) is 61.6 Å². The molecule has 1 atom stereocenters. The minimum atomic E-state index is -0.187. The van der Waals surface area contributed by atoms with E-state index < -0.39 is 0 Å². The third-order valence-electron chi connectivity index (χ3n) is 2.00. The predicted octanol–water partition coefficient (Wildman–Crippen LogP) is -0.0867. The molecule has 0 aromatic rings. The SMILES string of the molecule is CCC(CN)C(=O)OC1COC1. The maximum absolute atomic E-state index is 11.3. The van der Waals surface area contributed by atoms with Gasteiger partial charge < -0.3 is 15.2 Å². The van der Waals surface area contributed by atoms with E-state index >= 15 is 0 Å². The first kappa shape index (κ1) is 9.48. The molecule has 4 nitrogen and oxygen atoms in total. The smallest absolute Gasteiger partial charge is 0.310 e. The van der Waals surface area contributed by atoms with Crippen molar-refractivity contribution >= 4 is 5.97 Å². The van der Waals surface area contributed by atoms with Gasteiger partial charge in [-0.05, 0) is 6.42 Å². The normalized spacial score (nSPS) is 19.8. The van der Waals surface area contributed by atoms with Gasteiger partial charge in [0.15, 0.2) is 0 Å². The lowest BCUT2D eigenvalue weighted by molar-refractivity contribution is -0.176. The summed E-state index contributed by atoms with van der Waals surface area (Å²) < 4.78 is 9.96. The van der Waals surface area contributed by atoms with Crippen LogP contribution in [0.3, 0.4) is 0 Å². The fourth-order valence-electron chi connectivity index (χ4n) is 0.972. The number of nitrogens with two attached hydrogens (primary N) is 1. The molecule has 0 radical (unpaired) electrons. The summed E-state index contributed by atoms with van der Waals surface area (Å²) in [6, 6.07) is 0. The number of hydrogen-bond acceptors (Lipinski definition) is 4. The molecule has 1 heterocycles. The molecular formula is C8H15NO3. The molecular weight excluding hydrogens is 158 g/mol. The van der Waals surface area contributed by atoms with Gasteiger partial charge in [0.1, 0.15) is 6.10 Å². The van der Waals surface area contributed by atoms with Crippen LogP contribution in [0.25, 0.3) is 0 Å². The standard InChI is InChI=1S/C8H15NO3/c1-2-6(3-9)8(10)12-7-4-11-5-7/h6-7H,2-5,9H2,1H3. The van der Waals surface area contributed by atoms with E-state index in [1.54, 1.807) is 0 Å². The third-order valence-corrected chi connectivity index (χ3v) is 2.00. The van der Waals surface area contributed by atoms with Gasteiger partial charge in [0.25, 0.3) is 0 Å². The van der Waals surface area contributed by atoms with Crippen LogP contribution in [0.1, 0.15) is 13.3 Å². The lowest BCUT2D eigenvalue weighted by Crippen LogP contribution is -2.40. The summed E-state index contributed by atoms with van der Waals surface area (Å²) in [5.41, 5.74) is 5.39. The highest BCUT2D eigenvalue weighted by Gasteiger charge is 2.25. The average molecular weight is 173 g/mol. The molecule has 0 saturated carbocycles. The summed E-state index contributed by atoms with van der Waals surface area (Å²) in [5, 5.41) is 0. The summed E-state index contributed by atoms with van der Waals surface area (Å²) in [5.74, 6) is -0.334. The van der Waals surface area contributed by atoms with Crippen molar-refractivity contribution in [2.24, 2.45) is 11.7 Å². The van der Waals surface area contributed by atoms with Gasteiger partial charge in [-0.15, -0.1) is 0 Å². The fourth-order valence-corrected chi connectivity index (χ4v) is 0.972. The van der Waals surface area contributed by atoms with E-state index in [1.165, 1.54) is 0 Å². The van der Waals surface area contributed by atoms with E-state index in [-0.39, 0.29) is 18.0 Å². The molecule has 1 aliphatic heterocycles. The zero-order valence-electron chi connectivity index (χ0n) is 7.29. The van der Waals surface area contributed by atoms with Crippen LogP contribution < -0.4 is 5.73 Å². The highest BCUT2D eigenvalue weighted by Crippen LogP contribution is 2.10. The zero-order chi connectivity index (χ0) is 8.97. The van der Waals surface area contributed by atoms with Crippen molar-refractivity contribution in [2.75, 3.05) is 19.8 Å². The Kier molecular flexibility index (Phi) is 3.49.